The second kappa shape index (κ2) is 6.44. The van der Waals surface area contributed by atoms with Gasteiger partial charge in [0.2, 0.25) is 0 Å². The van der Waals surface area contributed by atoms with Gasteiger partial charge in [0, 0.05) is 5.56 Å². The highest BCUT2D eigenvalue weighted by Gasteiger charge is 2.20. The number of carboxylic acids is 1. The van der Waals surface area contributed by atoms with Gasteiger partial charge in [-0.3, -0.25) is 0 Å². The van der Waals surface area contributed by atoms with Crippen molar-refractivity contribution in [1.82, 2.24) is 20.2 Å². The number of hydrogen-bond donors (Lipinski definition) is 1. The zero-order chi connectivity index (χ0) is 18.1. The lowest BCUT2D eigenvalue weighted by atomic mass is 10.1. The topological polar surface area (TPSA) is 94.0 Å². The summed E-state index contributed by atoms with van der Waals surface area (Å²) >= 11 is 0. The van der Waals surface area contributed by atoms with Crippen LogP contribution in [0.4, 0.5) is 0 Å². The van der Waals surface area contributed by atoms with Crippen LogP contribution in [0.25, 0.3) is 27.9 Å². The van der Waals surface area contributed by atoms with Gasteiger partial charge in [0.05, 0.1) is 16.8 Å². The van der Waals surface area contributed by atoms with Gasteiger partial charge in [0.1, 0.15) is 5.52 Å². The van der Waals surface area contributed by atoms with Crippen molar-refractivity contribution in [1.29, 1.82) is 0 Å². The van der Waals surface area contributed by atoms with Crippen molar-refractivity contribution >= 4 is 16.9 Å². The zero-order valence-corrected chi connectivity index (χ0v) is 14.1. The number of carbonyl (C=O) groups is 1. The van der Waals surface area contributed by atoms with Gasteiger partial charge in [0.15, 0.2) is 11.5 Å². The molecule has 26 heavy (non-hydrogen) atoms. The van der Waals surface area contributed by atoms with Gasteiger partial charge >= 0.3 is 5.97 Å². The first-order chi connectivity index (χ1) is 12.7. The van der Waals surface area contributed by atoms with Crippen molar-refractivity contribution in [3.8, 4) is 17.0 Å². The first kappa shape index (κ1) is 16.0. The molecule has 0 amide bonds. The molecule has 2 heterocycles. The van der Waals surface area contributed by atoms with Gasteiger partial charge in [0.25, 0.3) is 0 Å². The van der Waals surface area contributed by atoms with Gasteiger partial charge < -0.3 is 9.63 Å². The Hall–Kier alpha value is -3.48. The van der Waals surface area contributed by atoms with Crippen LogP contribution in [-0.2, 0) is 6.42 Å². The molecule has 0 unspecified atom stereocenters. The maximum atomic E-state index is 11.4. The summed E-state index contributed by atoms with van der Waals surface area (Å²) < 4.78 is 7.10. The molecule has 0 saturated carbocycles. The minimum absolute atomic E-state index is 0.0134. The fourth-order valence-electron chi connectivity index (χ4n) is 3.00. The lowest BCUT2D eigenvalue weighted by molar-refractivity contribution is 0.0689. The molecule has 0 bridgehead atoms. The fourth-order valence-corrected chi connectivity index (χ4v) is 3.00. The predicted octanol–water partition coefficient (Wildman–Crippen LogP) is 3.73. The third kappa shape index (κ3) is 2.63. The number of aromatic carboxylic acids is 1. The highest BCUT2D eigenvalue weighted by atomic mass is 16.5. The van der Waals surface area contributed by atoms with E-state index in [1.165, 1.54) is 0 Å². The van der Waals surface area contributed by atoms with E-state index in [0.29, 0.717) is 17.9 Å². The number of carboxylic acid groups (broad SMARTS) is 1. The van der Waals surface area contributed by atoms with E-state index in [9.17, 15) is 9.90 Å². The van der Waals surface area contributed by atoms with Crippen LogP contribution in [0, 0.1) is 0 Å². The standard InChI is InChI=1S/C19H16N4O3/c1-2-6-16-17(19(24)25)20-22-23(16)13-9-10-15-14(11-13)18(26-21-15)12-7-4-3-5-8-12/h3-5,7-11H,2,6H2,1H3,(H,24,25). The van der Waals surface area contributed by atoms with Crippen molar-refractivity contribution in [3.63, 3.8) is 0 Å². The highest BCUT2D eigenvalue weighted by molar-refractivity contribution is 5.93. The molecule has 2 aromatic heterocycles. The lowest BCUT2D eigenvalue weighted by Gasteiger charge is -2.06. The Labute approximate surface area is 148 Å². The van der Waals surface area contributed by atoms with Crippen LogP contribution in [0.2, 0.25) is 0 Å². The van der Waals surface area contributed by atoms with Crippen molar-refractivity contribution in [3.05, 3.63) is 59.9 Å². The minimum Gasteiger partial charge on any atom is -0.476 e. The molecule has 0 radical (unpaired) electrons. The van der Waals surface area contributed by atoms with E-state index in [0.717, 1.165) is 28.6 Å². The number of benzene rings is 2. The van der Waals surface area contributed by atoms with Crippen LogP contribution in [0.1, 0.15) is 29.5 Å². The number of nitrogens with zero attached hydrogens (tertiary/aromatic N) is 4. The lowest BCUT2D eigenvalue weighted by Crippen LogP contribution is -2.06. The molecular formula is C19H16N4O3. The number of fused-ring (bicyclic) bond motifs is 1. The molecule has 4 rings (SSSR count). The molecule has 0 aliphatic rings. The first-order valence-corrected chi connectivity index (χ1v) is 8.32. The van der Waals surface area contributed by atoms with Gasteiger partial charge in [-0.25, -0.2) is 9.48 Å². The summed E-state index contributed by atoms with van der Waals surface area (Å²) in [6.45, 7) is 1.99. The molecule has 0 saturated heterocycles. The molecule has 0 aliphatic carbocycles. The van der Waals surface area contributed by atoms with E-state index in [1.807, 2.05) is 55.5 Å². The van der Waals surface area contributed by atoms with Crippen LogP contribution >= 0.6 is 0 Å². The average molecular weight is 348 g/mol. The largest absolute Gasteiger partial charge is 0.476 e. The molecule has 7 nitrogen and oxygen atoms in total. The van der Waals surface area contributed by atoms with Gasteiger partial charge in [-0.1, -0.05) is 54.0 Å². The maximum Gasteiger partial charge on any atom is 0.358 e. The Morgan fingerprint density at radius 3 is 2.73 bits per heavy atom. The summed E-state index contributed by atoms with van der Waals surface area (Å²) in [5.41, 5.74) is 2.94. The molecular weight excluding hydrogens is 332 g/mol. The molecule has 4 aromatic rings. The van der Waals surface area contributed by atoms with Gasteiger partial charge in [-0.2, -0.15) is 0 Å². The maximum absolute atomic E-state index is 11.4. The van der Waals surface area contributed by atoms with E-state index in [2.05, 4.69) is 15.5 Å². The molecule has 2 aromatic carbocycles. The molecule has 0 spiro atoms. The van der Waals surface area contributed by atoms with E-state index in [-0.39, 0.29) is 5.69 Å². The molecule has 7 heteroatoms. The van der Waals surface area contributed by atoms with Crippen LogP contribution in [0.15, 0.2) is 53.1 Å². The summed E-state index contributed by atoms with van der Waals surface area (Å²) in [4.78, 5) is 11.4. The van der Waals surface area contributed by atoms with E-state index in [1.54, 1.807) is 4.68 Å². The Morgan fingerprint density at radius 2 is 2.00 bits per heavy atom. The zero-order valence-electron chi connectivity index (χ0n) is 14.1. The van der Waals surface area contributed by atoms with Crippen molar-refractivity contribution in [2.45, 2.75) is 19.8 Å². The van der Waals surface area contributed by atoms with E-state index < -0.39 is 5.97 Å². The monoisotopic (exact) mass is 348 g/mol. The Balaban J connectivity index is 1.87. The summed E-state index contributed by atoms with van der Waals surface area (Å²) in [6, 6.07) is 15.3. The number of rotatable bonds is 5. The fraction of sp³-hybridized carbons (Fsp3) is 0.158. The third-order valence-electron chi connectivity index (χ3n) is 4.19. The summed E-state index contributed by atoms with van der Waals surface area (Å²) in [7, 11) is 0. The molecule has 0 fully saturated rings. The number of aromatic nitrogens is 4. The first-order valence-electron chi connectivity index (χ1n) is 8.32. The molecule has 130 valence electrons. The number of hydrogen-bond acceptors (Lipinski definition) is 5. The summed E-state index contributed by atoms with van der Waals surface area (Å²) in [5.74, 6) is -0.409. The Bertz CT molecular complexity index is 1080. The van der Waals surface area contributed by atoms with Crippen molar-refractivity contribution < 1.29 is 14.4 Å². The smallest absolute Gasteiger partial charge is 0.358 e. The van der Waals surface area contributed by atoms with E-state index in [4.69, 9.17) is 4.52 Å². The van der Waals surface area contributed by atoms with Gasteiger partial charge in [-0.05, 0) is 24.6 Å². The second-order valence-corrected chi connectivity index (χ2v) is 5.93. The summed E-state index contributed by atoms with van der Waals surface area (Å²) in [5, 5.41) is 22.2. The van der Waals surface area contributed by atoms with Crippen molar-refractivity contribution in [2.24, 2.45) is 0 Å². The summed E-state index contributed by atoms with van der Waals surface area (Å²) in [6.07, 6.45) is 1.36. The normalized spacial score (nSPS) is 11.1. The predicted molar refractivity (Wildman–Crippen MR) is 95.3 cm³/mol. The Morgan fingerprint density at radius 1 is 1.19 bits per heavy atom. The minimum atomic E-state index is -1.07. The molecule has 1 N–H and O–H groups in total. The van der Waals surface area contributed by atoms with Crippen LogP contribution in [-0.4, -0.2) is 31.2 Å². The third-order valence-corrected chi connectivity index (χ3v) is 4.19. The van der Waals surface area contributed by atoms with Crippen molar-refractivity contribution in [2.75, 3.05) is 0 Å². The SMILES string of the molecule is CCCc1c(C(=O)O)nnn1-c1ccc2noc(-c3ccccc3)c2c1. The Kier molecular flexibility index (Phi) is 3.96. The quantitative estimate of drug-likeness (QED) is 0.590. The van der Waals surface area contributed by atoms with Crippen LogP contribution in [0.5, 0.6) is 0 Å². The average Bonchev–Trinajstić information content (AvgIpc) is 3.26. The van der Waals surface area contributed by atoms with Gasteiger partial charge in [-0.15, -0.1) is 5.10 Å². The van der Waals surface area contributed by atoms with Crippen LogP contribution in [0.3, 0.4) is 0 Å². The van der Waals surface area contributed by atoms with E-state index >= 15 is 0 Å². The van der Waals surface area contributed by atoms with Crippen LogP contribution < -0.4 is 0 Å². The molecule has 0 aliphatic heterocycles. The molecule has 0 atom stereocenters. The highest BCUT2D eigenvalue weighted by Crippen LogP contribution is 2.30. The second-order valence-electron chi connectivity index (χ2n) is 5.93.